The molecule has 5 heteroatoms. The van der Waals surface area contributed by atoms with Gasteiger partial charge < -0.3 is 15.3 Å². The van der Waals surface area contributed by atoms with Gasteiger partial charge in [0, 0.05) is 37.6 Å². The summed E-state index contributed by atoms with van der Waals surface area (Å²) in [6.45, 7) is 4.71. The van der Waals surface area contributed by atoms with Crippen LogP contribution in [0.3, 0.4) is 0 Å². The normalized spacial score (nSPS) is 21.9. The van der Waals surface area contributed by atoms with E-state index in [-0.39, 0.29) is 18.6 Å². The van der Waals surface area contributed by atoms with Gasteiger partial charge in [0.25, 0.3) is 0 Å². The summed E-state index contributed by atoms with van der Waals surface area (Å²) in [7, 11) is 1.76. The molecule has 1 rings (SSSR count). The van der Waals surface area contributed by atoms with E-state index >= 15 is 0 Å². The molecule has 1 heterocycles. The number of aliphatic hydroxyl groups is 1. The first-order valence-corrected chi connectivity index (χ1v) is 6.81. The third-order valence-corrected chi connectivity index (χ3v) is 4.22. The average Bonchev–Trinajstić information content (AvgIpc) is 2.29. The van der Waals surface area contributed by atoms with E-state index in [9.17, 15) is 9.90 Å². The summed E-state index contributed by atoms with van der Waals surface area (Å²) in [5.74, 6) is 2.22. The zero-order valence-corrected chi connectivity index (χ0v) is 11.1. The minimum atomic E-state index is -0.473. The predicted molar refractivity (Wildman–Crippen MR) is 67.7 cm³/mol. The van der Waals surface area contributed by atoms with Crippen LogP contribution in [0.1, 0.15) is 20.3 Å². The number of nitrogens with one attached hydrogen (secondary N) is 1. The Morgan fingerprint density at radius 3 is 2.81 bits per heavy atom. The van der Waals surface area contributed by atoms with Crippen molar-refractivity contribution in [2.24, 2.45) is 0 Å². The van der Waals surface area contributed by atoms with Crippen LogP contribution in [0, 0.1) is 0 Å². The Morgan fingerprint density at radius 2 is 2.31 bits per heavy atom. The van der Waals surface area contributed by atoms with Crippen molar-refractivity contribution in [3.63, 3.8) is 0 Å². The van der Waals surface area contributed by atoms with E-state index in [2.05, 4.69) is 5.32 Å². The quantitative estimate of drug-likeness (QED) is 0.750. The summed E-state index contributed by atoms with van der Waals surface area (Å²) in [4.78, 5) is 13.6. The molecule has 0 saturated carbocycles. The van der Waals surface area contributed by atoms with E-state index in [0.29, 0.717) is 6.42 Å². The molecular formula is C11H22N2O2S. The van der Waals surface area contributed by atoms with Crippen molar-refractivity contribution in [2.45, 2.75) is 31.8 Å². The fraction of sp³-hybridized carbons (Fsp3) is 0.909. The van der Waals surface area contributed by atoms with Gasteiger partial charge in [0.2, 0.25) is 5.91 Å². The van der Waals surface area contributed by atoms with Crippen LogP contribution in [0.4, 0.5) is 0 Å². The molecule has 0 aromatic rings. The highest BCUT2D eigenvalue weighted by Crippen LogP contribution is 2.16. The fourth-order valence-corrected chi connectivity index (χ4v) is 2.49. The smallest absolute Gasteiger partial charge is 0.224 e. The number of carbonyl (C=O) groups is 1. The van der Waals surface area contributed by atoms with Gasteiger partial charge in [-0.1, -0.05) is 0 Å². The highest BCUT2D eigenvalue weighted by atomic mass is 32.2. The van der Waals surface area contributed by atoms with E-state index in [4.69, 9.17) is 0 Å². The minimum Gasteiger partial charge on any atom is -0.394 e. The molecule has 0 aromatic carbocycles. The molecule has 1 fully saturated rings. The lowest BCUT2D eigenvalue weighted by Gasteiger charge is -2.35. The third kappa shape index (κ3) is 3.64. The number of likely N-dealkylation sites (N-methyl/N-ethyl adjacent to an activating group) is 1. The first-order chi connectivity index (χ1) is 7.47. The summed E-state index contributed by atoms with van der Waals surface area (Å²) in [6, 6.07) is 0.281. The van der Waals surface area contributed by atoms with Crippen molar-refractivity contribution in [1.82, 2.24) is 10.2 Å². The van der Waals surface area contributed by atoms with Gasteiger partial charge in [0.05, 0.1) is 12.1 Å². The summed E-state index contributed by atoms with van der Waals surface area (Å²) in [6.07, 6.45) is 0.521. The Hall–Kier alpha value is -0.260. The van der Waals surface area contributed by atoms with Crippen molar-refractivity contribution in [3.8, 4) is 0 Å². The number of amides is 1. The molecule has 1 unspecified atom stereocenters. The van der Waals surface area contributed by atoms with Gasteiger partial charge in [-0.25, -0.2) is 0 Å². The van der Waals surface area contributed by atoms with Gasteiger partial charge in [-0.05, 0) is 13.8 Å². The number of aliphatic hydroxyl groups excluding tert-OH is 1. The Bertz CT molecular complexity index is 240. The topological polar surface area (TPSA) is 52.6 Å². The second-order valence-corrected chi connectivity index (χ2v) is 6.00. The average molecular weight is 246 g/mol. The summed E-state index contributed by atoms with van der Waals surface area (Å²) in [5.41, 5.74) is -0.473. The third-order valence-electron chi connectivity index (χ3n) is 3.09. The minimum absolute atomic E-state index is 0.0118. The van der Waals surface area contributed by atoms with Gasteiger partial charge >= 0.3 is 0 Å². The van der Waals surface area contributed by atoms with Gasteiger partial charge in [-0.3, -0.25) is 4.79 Å². The van der Waals surface area contributed by atoms with Crippen LogP contribution < -0.4 is 5.32 Å². The van der Waals surface area contributed by atoms with E-state index in [1.165, 1.54) is 0 Å². The summed E-state index contributed by atoms with van der Waals surface area (Å²) >= 11 is 1.89. The highest BCUT2D eigenvalue weighted by Gasteiger charge is 2.28. The second-order valence-electron chi connectivity index (χ2n) is 4.85. The van der Waals surface area contributed by atoms with Crippen molar-refractivity contribution < 1.29 is 9.90 Å². The Balaban J connectivity index is 2.44. The molecule has 0 aromatic heterocycles. The SMILES string of the molecule is CN(C(=O)CC1CSCCN1)C(C)(C)CO. The molecule has 0 bridgehead atoms. The molecule has 0 radical (unpaired) electrons. The van der Waals surface area contributed by atoms with E-state index < -0.39 is 5.54 Å². The van der Waals surface area contributed by atoms with Crippen molar-refractivity contribution in [3.05, 3.63) is 0 Å². The number of rotatable bonds is 4. The maximum absolute atomic E-state index is 12.0. The molecular weight excluding hydrogens is 224 g/mol. The molecule has 94 valence electrons. The maximum atomic E-state index is 12.0. The summed E-state index contributed by atoms with van der Waals surface area (Å²) < 4.78 is 0. The number of hydrogen-bond acceptors (Lipinski definition) is 4. The zero-order valence-electron chi connectivity index (χ0n) is 10.3. The van der Waals surface area contributed by atoms with Crippen molar-refractivity contribution >= 4 is 17.7 Å². The Morgan fingerprint density at radius 1 is 1.62 bits per heavy atom. The van der Waals surface area contributed by atoms with Crippen LogP contribution in [0.2, 0.25) is 0 Å². The molecule has 0 aliphatic carbocycles. The Labute approximate surface area is 102 Å². The van der Waals surface area contributed by atoms with Crippen molar-refractivity contribution in [2.75, 3.05) is 31.7 Å². The van der Waals surface area contributed by atoms with E-state index in [1.54, 1.807) is 11.9 Å². The molecule has 1 aliphatic heterocycles. The lowest BCUT2D eigenvalue weighted by Crippen LogP contribution is -2.50. The van der Waals surface area contributed by atoms with Gasteiger partial charge in [-0.15, -0.1) is 0 Å². The number of hydrogen-bond donors (Lipinski definition) is 2. The molecule has 16 heavy (non-hydrogen) atoms. The van der Waals surface area contributed by atoms with Crippen LogP contribution in [-0.2, 0) is 4.79 Å². The first kappa shape index (κ1) is 13.8. The second kappa shape index (κ2) is 5.89. The summed E-state index contributed by atoms with van der Waals surface area (Å²) in [5, 5.41) is 12.5. The zero-order chi connectivity index (χ0) is 12.2. The molecule has 4 nitrogen and oxygen atoms in total. The number of nitrogens with zero attached hydrogens (tertiary/aromatic N) is 1. The van der Waals surface area contributed by atoms with Gasteiger partial charge in [0.15, 0.2) is 0 Å². The van der Waals surface area contributed by atoms with Crippen LogP contribution in [0.5, 0.6) is 0 Å². The molecule has 1 saturated heterocycles. The largest absolute Gasteiger partial charge is 0.394 e. The molecule has 0 spiro atoms. The standard InChI is InChI=1S/C11H22N2O2S/c1-11(2,8-14)13(3)10(15)6-9-7-16-5-4-12-9/h9,12,14H,4-8H2,1-3H3. The monoisotopic (exact) mass is 246 g/mol. The number of thioether (sulfide) groups is 1. The first-order valence-electron chi connectivity index (χ1n) is 5.66. The maximum Gasteiger partial charge on any atom is 0.224 e. The molecule has 2 N–H and O–H groups in total. The molecule has 1 atom stereocenters. The molecule has 1 amide bonds. The van der Waals surface area contributed by atoms with Crippen LogP contribution in [0.25, 0.3) is 0 Å². The van der Waals surface area contributed by atoms with Gasteiger partial charge in [0.1, 0.15) is 0 Å². The molecule has 1 aliphatic rings. The van der Waals surface area contributed by atoms with Crippen LogP contribution in [0.15, 0.2) is 0 Å². The van der Waals surface area contributed by atoms with Crippen LogP contribution in [-0.4, -0.2) is 59.2 Å². The lowest BCUT2D eigenvalue weighted by atomic mass is 10.0. The lowest BCUT2D eigenvalue weighted by molar-refractivity contribution is -0.136. The van der Waals surface area contributed by atoms with E-state index in [0.717, 1.165) is 18.1 Å². The number of carbonyl (C=O) groups excluding carboxylic acids is 1. The van der Waals surface area contributed by atoms with Gasteiger partial charge in [-0.2, -0.15) is 11.8 Å². The van der Waals surface area contributed by atoms with E-state index in [1.807, 2.05) is 25.6 Å². The van der Waals surface area contributed by atoms with Crippen LogP contribution >= 0.6 is 11.8 Å². The fourth-order valence-electron chi connectivity index (χ4n) is 1.54. The predicted octanol–water partition coefficient (Wildman–Crippen LogP) is 0.311. The van der Waals surface area contributed by atoms with Crippen molar-refractivity contribution in [1.29, 1.82) is 0 Å². The Kier molecular flexibility index (Phi) is 5.08. The highest BCUT2D eigenvalue weighted by molar-refractivity contribution is 7.99.